The summed E-state index contributed by atoms with van der Waals surface area (Å²) in [6, 6.07) is 6.10. The second-order valence-corrected chi connectivity index (χ2v) is 5.60. The first-order valence-corrected chi connectivity index (χ1v) is 7.12. The summed E-state index contributed by atoms with van der Waals surface area (Å²) in [6.07, 6.45) is 2.94. The molecule has 2 N–H and O–H groups in total. The molecule has 0 saturated heterocycles. The van der Waals surface area contributed by atoms with E-state index in [0.717, 1.165) is 43.0 Å². The minimum absolute atomic E-state index is 0.00306. The molecule has 0 saturated carbocycles. The number of H-pyrrole nitrogens is 1. The van der Waals surface area contributed by atoms with E-state index in [2.05, 4.69) is 23.3 Å². The van der Waals surface area contributed by atoms with E-state index in [1.807, 2.05) is 13.0 Å². The average molecular weight is 272 g/mol. The lowest BCUT2D eigenvalue weighted by Gasteiger charge is -2.24. The topological polar surface area (TPSA) is 58.0 Å². The number of hydrogen-bond acceptors (Lipinski definition) is 3. The number of fused-ring (bicyclic) bond motifs is 1. The molecule has 0 amide bonds. The van der Waals surface area contributed by atoms with Crippen molar-refractivity contribution in [3.05, 3.63) is 56.9 Å². The van der Waals surface area contributed by atoms with Crippen LogP contribution in [0, 0.1) is 13.8 Å². The van der Waals surface area contributed by atoms with Gasteiger partial charge >= 0.3 is 0 Å². The molecule has 3 rings (SSSR count). The summed E-state index contributed by atoms with van der Waals surface area (Å²) in [7, 11) is 0. The van der Waals surface area contributed by atoms with E-state index < -0.39 is 0 Å². The molecule has 20 heavy (non-hydrogen) atoms. The quantitative estimate of drug-likeness (QED) is 0.901. The zero-order valence-corrected chi connectivity index (χ0v) is 12.0. The van der Waals surface area contributed by atoms with Crippen LogP contribution in [0.1, 0.15) is 34.8 Å². The first kappa shape index (κ1) is 13.2. The zero-order valence-electron chi connectivity index (χ0n) is 12.0. The third kappa shape index (κ3) is 2.70. The predicted octanol–water partition coefficient (Wildman–Crippen LogP) is 2.23. The summed E-state index contributed by atoms with van der Waals surface area (Å²) < 4.78 is 5.68. The van der Waals surface area contributed by atoms with E-state index in [1.165, 1.54) is 11.1 Å². The lowest BCUT2D eigenvalue weighted by atomic mass is 9.92. The highest BCUT2D eigenvalue weighted by atomic mass is 16.3. The van der Waals surface area contributed by atoms with Crippen molar-refractivity contribution in [2.45, 2.75) is 45.7 Å². The van der Waals surface area contributed by atoms with Gasteiger partial charge in [-0.1, -0.05) is 6.07 Å². The summed E-state index contributed by atoms with van der Waals surface area (Å²) in [5.41, 5.74) is 3.55. The maximum atomic E-state index is 11.3. The molecule has 0 radical (unpaired) electrons. The molecule has 0 bridgehead atoms. The number of aromatic nitrogens is 1. The Balaban J connectivity index is 1.63. The van der Waals surface area contributed by atoms with Crippen LogP contribution in [0.3, 0.4) is 0 Å². The zero-order chi connectivity index (χ0) is 14.1. The Bertz CT molecular complexity index is 650. The fraction of sp³-hybridized carbons (Fsp3) is 0.438. The minimum Gasteiger partial charge on any atom is -0.465 e. The fourth-order valence-electron chi connectivity index (χ4n) is 2.80. The third-order valence-electron chi connectivity index (χ3n) is 4.09. The molecule has 0 spiro atoms. The lowest BCUT2D eigenvalue weighted by Crippen LogP contribution is -2.35. The summed E-state index contributed by atoms with van der Waals surface area (Å²) in [5, 5.41) is 3.55. The molecular weight excluding hydrogens is 252 g/mol. The van der Waals surface area contributed by atoms with Crippen LogP contribution >= 0.6 is 0 Å². The lowest BCUT2D eigenvalue weighted by molar-refractivity contribution is 0.406. The molecule has 0 aliphatic heterocycles. The standard InChI is InChI=1S/C16H20N2O2/c1-10-7-14(20-11(10)2)9-17-13-4-5-15-12(8-13)3-6-16(19)18-15/h3,6-7,13,17H,4-5,8-9H2,1-2H3,(H,18,19). The van der Waals surface area contributed by atoms with Crippen molar-refractivity contribution in [1.29, 1.82) is 0 Å². The van der Waals surface area contributed by atoms with Gasteiger partial charge in [0.05, 0.1) is 6.54 Å². The minimum atomic E-state index is -0.00306. The van der Waals surface area contributed by atoms with Crippen LogP contribution in [0.4, 0.5) is 0 Å². The Kier molecular flexibility index (Phi) is 3.49. The van der Waals surface area contributed by atoms with Crippen LogP contribution in [0.2, 0.25) is 0 Å². The molecule has 1 aliphatic rings. The molecule has 2 heterocycles. The van der Waals surface area contributed by atoms with Gasteiger partial charge in [0.15, 0.2) is 0 Å². The van der Waals surface area contributed by atoms with Gasteiger partial charge in [0.25, 0.3) is 0 Å². The third-order valence-corrected chi connectivity index (χ3v) is 4.09. The maximum Gasteiger partial charge on any atom is 0.248 e. The smallest absolute Gasteiger partial charge is 0.248 e. The van der Waals surface area contributed by atoms with Gasteiger partial charge in [-0.2, -0.15) is 0 Å². The molecule has 0 aromatic carbocycles. The number of aryl methyl sites for hydroxylation is 3. The number of furan rings is 1. The van der Waals surface area contributed by atoms with Crippen LogP contribution in [0.15, 0.2) is 27.4 Å². The van der Waals surface area contributed by atoms with Crippen molar-refractivity contribution in [3.8, 4) is 0 Å². The number of nitrogens with one attached hydrogen (secondary N) is 2. The Hall–Kier alpha value is -1.81. The van der Waals surface area contributed by atoms with Crippen molar-refractivity contribution in [1.82, 2.24) is 10.3 Å². The van der Waals surface area contributed by atoms with Crippen LogP contribution < -0.4 is 10.9 Å². The summed E-state index contributed by atoms with van der Waals surface area (Å²) in [4.78, 5) is 14.2. The Morgan fingerprint density at radius 3 is 3.00 bits per heavy atom. The molecule has 4 heteroatoms. The predicted molar refractivity (Wildman–Crippen MR) is 77.9 cm³/mol. The Morgan fingerprint density at radius 1 is 1.40 bits per heavy atom. The van der Waals surface area contributed by atoms with Gasteiger partial charge in [-0.3, -0.25) is 4.79 Å². The normalized spacial score (nSPS) is 18.0. The number of hydrogen-bond donors (Lipinski definition) is 2. The van der Waals surface area contributed by atoms with Gasteiger partial charge in [-0.05, 0) is 50.3 Å². The SMILES string of the molecule is Cc1cc(CNC2CCc3[nH]c(=O)ccc3C2)oc1C. The van der Waals surface area contributed by atoms with E-state index in [1.54, 1.807) is 6.07 Å². The van der Waals surface area contributed by atoms with E-state index in [0.29, 0.717) is 6.04 Å². The van der Waals surface area contributed by atoms with Crippen molar-refractivity contribution in [2.75, 3.05) is 0 Å². The summed E-state index contributed by atoms with van der Waals surface area (Å²) in [6.45, 7) is 4.82. The van der Waals surface area contributed by atoms with Gasteiger partial charge in [0.1, 0.15) is 11.5 Å². The molecule has 106 valence electrons. The summed E-state index contributed by atoms with van der Waals surface area (Å²) in [5.74, 6) is 1.99. The summed E-state index contributed by atoms with van der Waals surface area (Å²) >= 11 is 0. The van der Waals surface area contributed by atoms with E-state index in [9.17, 15) is 4.79 Å². The van der Waals surface area contributed by atoms with E-state index in [4.69, 9.17) is 4.42 Å². The molecule has 2 aromatic rings. The van der Waals surface area contributed by atoms with Crippen LogP contribution in [0.5, 0.6) is 0 Å². The Morgan fingerprint density at radius 2 is 2.25 bits per heavy atom. The second kappa shape index (κ2) is 5.29. The van der Waals surface area contributed by atoms with Crippen LogP contribution in [0.25, 0.3) is 0 Å². The van der Waals surface area contributed by atoms with Gasteiger partial charge in [0, 0.05) is 17.8 Å². The van der Waals surface area contributed by atoms with Crippen molar-refractivity contribution in [3.63, 3.8) is 0 Å². The van der Waals surface area contributed by atoms with Crippen LogP contribution in [-0.2, 0) is 19.4 Å². The highest BCUT2D eigenvalue weighted by molar-refractivity contribution is 5.24. The van der Waals surface area contributed by atoms with Gasteiger partial charge in [-0.25, -0.2) is 0 Å². The molecule has 1 aliphatic carbocycles. The monoisotopic (exact) mass is 272 g/mol. The highest BCUT2D eigenvalue weighted by Crippen LogP contribution is 2.19. The second-order valence-electron chi connectivity index (χ2n) is 5.60. The average Bonchev–Trinajstić information content (AvgIpc) is 2.75. The first-order chi connectivity index (χ1) is 9.61. The number of rotatable bonds is 3. The van der Waals surface area contributed by atoms with Gasteiger partial charge in [0.2, 0.25) is 5.56 Å². The highest BCUT2D eigenvalue weighted by Gasteiger charge is 2.19. The number of aromatic amines is 1. The van der Waals surface area contributed by atoms with Crippen molar-refractivity contribution in [2.24, 2.45) is 0 Å². The van der Waals surface area contributed by atoms with Crippen molar-refractivity contribution >= 4 is 0 Å². The fourth-order valence-corrected chi connectivity index (χ4v) is 2.80. The Labute approximate surface area is 118 Å². The number of pyridine rings is 1. The van der Waals surface area contributed by atoms with Crippen molar-refractivity contribution < 1.29 is 4.42 Å². The molecular formula is C16H20N2O2. The molecule has 4 nitrogen and oxygen atoms in total. The molecule has 0 fully saturated rings. The molecule has 1 atom stereocenters. The van der Waals surface area contributed by atoms with Gasteiger partial charge in [-0.15, -0.1) is 0 Å². The van der Waals surface area contributed by atoms with Crippen LogP contribution in [-0.4, -0.2) is 11.0 Å². The van der Waals surface area contributed by atoms with Gasteiger partial charge < -0.3 is 14.7 Å². The largest absolute Gasteiger partial charge is 0.465 e. The first-order valence-electron chi connectivity index (χ1n) is 7.12. The molecule has 2 aromatic heterocycles. The maximum absolute atomic E-state index is 11.3. The molecule has 1 unspecified atom stereocenters. The van der Waals surface area contributed by atoms with E-state index in [-0.39, 0.29) is 5.56 Å². The van der Waals surface area contributed by atoms with E-state index >= 15 is 0 Å².